The van der Waals surface area contributed by atoms with Gasteiger partial charge in [-0.3, -0.25) is 4.79 Å². The Labute approximate surface area is 139 Å². The van der Waals surface area contributed by atoms with Crippen LogP contribution >= 0.6 is 12.4 Å². The molecular weight excluding hydrogens is 304 g/mol. The topological polar surface area (TPSA) is 59.6 Å². The number of benzene rings is 1. The van der Waals surface area contributed by atoms with Gasteiger partial charge >= 0.3 is 0 Å². The van der Waals surface area contributed by atoms with Gasteiger partial charge in [-0.15, -0.1) is 12.4 Å². The van der Waals surface area contributed by atoms with E-state index in [9.17, 15) is 4.79 Å². The zero-order valence-electron chi connectivity index (χ0n) is 13.8. The van der Waals surface area contributed by atoms with Gasteiger partial charge in [-0.25, -0.2) is 0 Å². The van der Waals surface area contributed by atoms with Crippen LogP contribution in [0.25, 0.3) is 0 Å². The average molecular weight is 331 g/mol. The van der Waals surface area contributed by atoms with E-state index in [-0.39, 0.29) is 24.2 Å². The van der Waals surface area contributed by atoms with E-state index in [1.807, 2.05) is 26.1 Å². The van der Waals surface area contributed by atoms with E-state index in [0.29, 0.717) is 30.3 Å². The molecule has 0 spiro atoms. The highest BCUT2D eigenvalue weighted by molar-refractivity contribution is 5.94. The Bertz CT molecular complexity index is 455. The lowest BCUT2D eigenvalue weighted by atomic mass is 10.1. The molecule has 0 heterocycles. The summed E-state index contributed by atoms with van der Waals surface area (Å²) in [5, 5.41) is 5.91. The van der Waals surface area contributed by atoms with E-state index in [4.69, 9.17) is 9.47 Å². The fourth-order valence-electron chi connectivity index (χ4n) is 1.84. The molecule has 1 rings (SSSR count). The van der Waals surface area contributed by atoms with Crippen LogP contribution in [-0.4, -0.2) is 33.2 Å². The van der Waals surface area contributed by atoms with Crippen LogP contribution < -0.4 is 20.1 Å². The van der Waals surface area contributed by atoms with Gasteiger partial charge in [-0.05, 0) is 25.6 Å². The SMILES string of the molecule is CCCCOc1ccc(OC)cc1NC(=O)C(C)CNC.Cl. The number of ether oxygens (including phenoxy) is 2. The van der Waals surface area contributed by atoms with Gasteiger partial charge in [-0.1, -0.05) is 20.3 Å². The molecular formula is C16H27ClN2O3. The highest BCUT2D eigenvalue weighted by atomic mass is 35.5. The summed E-state index contributed by atoms with van der Waals surface area (Å²) in [5.41, 5.74) is 0.651. The number of hydrogen-bond donors (Lipinski definition) is 2. The molecule has 2 N–H and O–H groups in total. The first-order valence-corrected chi connectivity index (χ1v) is 7.38. The summed E-state index contributed by atoms with van der Waals surface area (Å²) in [5.74, 6) is 1.20. The molecule has 0 saturated heterocycles. The van der Waals surface area contributed by atoms with Crippen LogP contribution in [0.2, 0.25) is 0 Å². The molecule has 1 atom stereocenters. The van der Waals surface area contributed by atoms with E-state index in [1.165, 1.54) is 0 Å². The number of anilines is 1. The third-order valence-electron chi connectivity index (χ3n) is 3.16. The van der Waals surface area contributed by atoms with Crippen molar-refractivity contribution in [1.82, 2.24) is 5.32 Å². The Morgan fingerprint density at radius 2 is 2.09 bits per heavy atom. The van der Waals surface area contributed by atoms with Gasteiger partial charge in [0.15, 0.2) is 0 Å². The van der Waals surface area contributed by atoms with Gasteiger partial charge in [0.05, 0.1) is 19.4 Å². The second-order valence-electron chi connectivity index (χ2n) is 5.01. The monoisotopic (exact) mass is 330 g/mol. The average Bonchev–Trinajstić information content (AvgIpc) is 2.49. The number of unbranched alkanes of at least 4 members (excludes halogenated alkanes) is 1. The molecule has 126 valence electrons. The molecule has 0 aliphatic heterocycles. The molecule has 0 aliphatic carbocycles. The maximum absolute atomic E-state index is 12.1. The van der Waals surface area contributed by atoms with Crippen molar-refractivity contribution in [2.45, 2.75) is 26.7 Å². The third kappa shape index (κ3) is 6.54. The van der Waals surface area contributed by atoms with Crippen molar-refractivity contribution in [3.8, 4) is 11.5 Å². The van der Waals surface area contributed by atoms with Gasteiger partial charge in [-0.2, -0.15) is 0 Å². The fraction of sp³-hybridized carbons (Fsp3) is 0.562. The molecule has 1 unspecified atom stereocenters. The van der Waals surface area contributed by atoms with Gasteiger partial charge in [0, 0.05) is 18.5 Å². The van der Waals surface area contributed by atoms with E-state index in [0.717, 1.165) is 12.8 Å². The Hall–Kier alpha value is -1.46. The maximum Gasteiger partial charge on any atom is 0.228 e. The third-order valence-corrected chi connectivity index (χ3v) is 3.16. The van der Waals surface area contributed by atoms with Gasteiger partial charge in [0.25, 0.3) is 0 Å². The molecule has 1 amide bonds. The number of hydrogen-bond acceptors (Lipinski definition) is 4. The lowest BCUT2D eigenvalue weighted by Crippen LogP contribution is -2.28. The molecule has 0 radical (unpaired) electrons. The summed E-state index contributed by atoms with van der Waals surface area (Å²) in [7, 11) is 3.43. The first-order valence-electron chi connectivity index (χ1n) is 7.38. The Kier molecular flexibility index (Phi) is 10.4. The van der Waals surface area contributed by atoms with Crippen molar-refractivity contribution in [2.24, 2.45) is 5.92 Å². The van der Waals surface area contributed by atoms with Crippen LogP contribution in [0, 0.1) is 5.92 Å². The van der Waals surface area contributed by atoms with E-state index >= 15 is 0 Å². The minimum atomic E-state index is -0.121. The second kappa shape index (κ2) is 11.2. The second-order valence-corrected chi connectivity index (χ2v) is 5.01. The molecule has 0 aromatic heterocycles. The van der Waals surface area contributed by atoms with Crippen molar-refractivity contribution in [1.29, 1.82) is 0 Å². The van der Waals surface area contributed by atoms with Crippen molar-refractivity contribution < 1.29 is 14.3 Å². The number of halogens is 1. The first-order chi connectivity index (χ1) is 10.1. The normalized spacial score (nSPS) is 11.3. The van der Waals surface area contributed by atoms with Gasteiger partial charge < -0.3 is 20.1 Å². The molecule has 1 aromatic carbocycles. The summed E-state index contributed by atoms with van der Waals surface area (Å²) in [6.45, 7) is 5.25. The summed E-state index contributed by atoms with van der Waals surface area (Å²) in [4.78, 5) is 12.1. The molecule has 22 heavy (non-hydrogen) atoms. The molecule has 6 heteroatoms. The van der Waals surface area contributed by atoms with Crippen LogP contribution in [0.5, 0.6) is 11.5 Å². The van der Waals surface area contributed by atoms with Crippen molar-refractivity contribution in [3.63, 3.8) is 0 Å². The number of carbonyl (C=O) groups excluding carboxylic acids is 1. The number of nitrogens with one attached hydrogen (secondary N) is 2. The number of rotatable bonds is 9. The Morgan fingerprint density at radius 1 is 1.36 bits per heavy atom. The van der Waals surface area contributed by atoms with E-state index < -0.39 is 0 Å². The number of amides is 1. The number of methoxy groups -OCH3 is 1. The maximum atomic E-state index is 12.1. The summed E-state index contributed by atoms with van der Waals surface area (Å²) >= 11 is 0. The molecule has 0 aliphatic rings. The molecule has 0 bridgehead atoms. The highest BCUT2D eigenvalue weighted by Crippen LogP contribution is 2.29. The summed E-state index contributed by atoms with van der Waals surface area (Å²) < 4.78 is 10.9. The van der Waals surface area contributed by atoms with Crippen LogP contribution in [-0.2, 0) is 4.79 Å². The highest BCUT2D eigenvalue weighted by Gasteiger charge is 2.15. The summed E-state index contributed by atoms with van der Waals surface area (Å²) in [6.07, 6.45) is 2.05. The van der Waals surface area contributed by atoms with Gasteiger partial charge in [0.2, 0.25) is 5.91 Å². The minimum absolute atomic E-state index is 0. The first kappa shape index (κ1) is 20.5. The lowest BCUT2D eigenvalue weighted by molar-refractivity contribution is -0.119. The Balaban J connectivity index is 0.00000441. The van der Waals surface area contributed by atoms with Gasteiger partial charge in [0.1, 0.15) is 11.5 Å². The number of carbonyl (C=O) groups is 1. The van der Waals surface area contributed by atoms with Crippen LogP contribution in [0.3, 0.4) is 0 Å². The zero-order chi connectivity index (χ0) is 15.7. The minimum Gasteiger partial charge on any atom is -0.497 e. The molecule has 5 nitrogen and oxygen atoms in total. The van der Waals surface area contributed by atoms with Crippen LogP contribution in [0.1, 0.15) is 26.7 Å². The predicted molar refractivity (Wildman–Crippen MR) is 92.4 cm³/mol. The fourth-order valence-corrected chi connectivity index (χ4v) is 1.84. The summed E-state index contributed by atoms with van der Waals surface area (Å²) in [6, 6.07) is 5.44. The predicted octanol–water partition coefficient (Wildman–Crippen LogP) is 3.09. The quantitative estimate of drug-likeness (QED) is 0.683. The molecule has 0 saturated carbocycles. The zero-order valence-corrected chi connectivity index (χ0v) is 14.6. The standard InChI is InChI=1S/C16H26N2O3.ClH/c1-5-6-9-21-15-8-7-13(20-4)10-14(15)18-16(19)12(2)11-17-3;/h7-8,10,12,17H,5-6,9,11H2,1-4H3,(H,18,19);1H. The van der Waals surface area contributed by atoms with E-state index in [2.05, 4.69) is 17.6 Å². The largest absolute Gasteiger partial charge is 0.497 e. The van der Waals surface area contributed by atoms with Crippen LogP contribution in [0.4, 0.5) is 5.69 Å². The lowest BCUT2D eigenvalue weighted by Gasteiger charge is -2.16. The van der Waals surface area contributed by atoms with Crippen molar-refractivity contribution in [3.05, 3.63) is 18.2 Å². The smallest absolute Gasteiger partial charge is 0.228 e. The Morgan fingerprint density at radius 3 is 2.68 bits per heavy atom. The van der Waals surface area contributed by atoms with Crippen LogP contribution in [0.15, 0.2) is 18.2 Å². The van der Waals surface area contributed by atoms with Crippen molar-refractivity contribution >= 4 is 24.0 Å². The van der Waals surface area contributed by atoms with E-state index in [1.54, 1.807) is 13.2 Å². The molecule has 1 aromatic rings. The van der Waals surface area contributed by atoms with Crippen molar-refractivity contribution in [2.75, 3.05) is 32.6 Å². The molecule has 0 fully saturated rings.